The predicted octanol–water partition coefficient (Wildman–Crippen LogP) is -0.388. The molecule has 28 valence electrons. The summed E-state index contributed by atoms with van der Waals surface area (Å²) < 4.78 is 0. The Kier molecular flexibility index (Phi) is 141. The van der Waals surface area contributed by atoms with E-state index in [0.29, 0.717) is 0 Å². The van der Waals surface area contributed by atoms with Gasteiger partial charge in [0.05, 0.1) is 0 Å². The molecule has 0 amide bonds. The van der Waals surface area contributed by atoms with Crippen LogP contribution < -0.4 is 0 Å². The molecular formula is AgAlNiTi. The van der Waals surface area contributed by atoms with Crippen molar-refractivity contribution in [3.63, 3.8) is 0 Å². The maximum absolute atomic E-state index is 0. The monoisotopic (exact) mass is 240 g/mol. The van der Waals surface area contributed by atoms with Crippen LogP contribution >= 0.6 is 0 Å². The van der Waals surface area contributed by atoms with E-state index in [9.17, 15) is 0 Å². The summed E-state index contributed by atoms with van der Waals surface area (Å²) in [5.74, 6) is 0. The summed E-state index contributed by atoms with van der Waals surface area (Å²) in [6, 6.07) is 0. The zero-order chi connectivity index (χ0) is 0. The summed E-state index contributed by atoms with van der Waals surface area (Å²) in [4.78, 5) is 0. The van der Waals surface area contributed by atoms with Crippen LogP contribution in [-0.2, 0) is 60.6 Å². The smallest absolute Gasteiger partial charge is 0 e. The molecule has 0 saturated carbocycles. The van der Waals surface area contributed by atoms with E-state index in [1.54, 1.807) is 0 Å². The van der Waals surface area contributed by atoms with Crippen LogP contribution in [-0.4, -0.2) is 17.4 Å². The van der Waals surface area contributed by atoms with Crippen molar-refractivity contribution in [1.82, 2.24) is 0 Å². The standard InChI is InChI=1S/Ag.Al.Ni.Ti. The first-order chi connectivity index (χ1) is 0. The summed E-state index contributed by atoms with van der Waals surface area (Å²) in [5.41, 5.74) is 0. The molecule has 0 nitrogen and oxygen atoms in total. The topological polar surface area (TPSA) is 0 Å². The first-order valence-electron chi connectivity index (χ1n) is 0. The molecule has 0 atom stereocenters. The van der Waals surface area contributed by atoms with E-state index in [4.69, 9.17) is 0 Å². The molecule has 0 N–H and O–H groups in total. The minimum atomic E-state index is 0. The Morgan fingerprint density at radius 3 is 1.00 bits per heavy atom. The van der Waals surface area contributed by atoms with E-state index < -0.39 is 0 Å². The second-order valence-electron chi connectivity index (χ2n) is 0. The van der Waals surface area contributed by atoms with E-state index >= 15 is 0 Å². The van der Waals surface area contributed by atoms with Crippen LogP contribution in [0, 0.1) is 0 Å². The second kappa shape index (κ2) is 17.9. The molecule has 0 aliphatic heterocycles. The molecule has 0 aromatic rings. The van der Waals surface area contributed by atoms with Crippen LogP contribution in [0.5, 0.6) is 0 Å². The van der Waals surface area contributed by atoms with Gasteiger partial charge in [-0.15, -0.1) is 0 Å². The van der Waals surface area contributed by atoms with Crippen LogP contribution in [0.2, 0.25) is 0 Å². The van der Waals surface area contributed by atoms with Crippen molar-refractivity contribution in [2.75, 3.05) is 0 Å². The van der Waals surface area contributed by atoms with Crippen molar-refractivity contribution < 1.29 is 60.6 Å². The molecule has 0 saturated heterocycles. The van der Waals surface area contributed by atoms with E-state index in [2.05, 4.69) is 0 Å². The molecular weight excluding hydrogens is 241 g/mol. The van der Waals surface area contributed by atoms with Gasteiger partial charge in [0.15, 0.2) is 0 Å². The molecule has 0 aliphatic rings. The van der Waals surface area contributed by atoms with Crippen molar-refractivity contribution in [2.45, 2.75) is 0 Å². The molecule has 0 heterocycles. The minimum Gasteiger partial charge on any atom is 0 e. The fourth-order valence-corrected chi connectivity index (χ4v) is 0. The number of rotatable bonds is 0. The Hall–Kier alpha value is 2.48. The molecule has 0 aromatic heterocycles. The van der Waals surface area contributed by atoms with Crippen LogP contribution in [0.3, 0.4) is 0 Å². The third-order valence-corrected chi connectivity index (χ3v) is 0. The third kappa shape index (κ3) is 8.82. The molecule has 0 fully saturated rings. The van der Waals surface area contributed by atoms with Gasteiger partial charge in [0.25, 0.3) is 0 Å². The van der Waals surface area contributed by atoms with Gasteiger partial charge in [0.1, 0.15) is 0 Å². The Morgan fingerprint density at radius 1 is 1.00 bits per heavy atom. The molecule has 0 spiro atoms. The van der Waals surface area contributed by atoms with E-state index in [-0.39, 0.29) is 78.0 Å². The van der Waals surface area contributed by atoms with Gasteiger partial charge in [-0.3, -0.25) is 0 Å². The van der Waals surface area contributed by atoms with Crippen molar-refractivity contribution in [2.24, 2.45) is 0 Å². The summed E-state index contributed by atoms with van der Waals surface area (Å²) in [6.07, 6.45) is 0. The van der Waals surface area contributed by atoms with E-state index in [1.165, 1.54) is 0 Å². The second-order valence-corrected chi connectivity index (χ2v) is 0. The average molecular weight is 241 g/mol. The Labute approximate surface area is 76.9 Å². The number of hydrogen-bond donors (Lipinski definition) is 0. The maximum Gasteiger partial charge on any atom is 0 e. The van der Waals surface area contributed by atoms with Crippen molar-refractivity contribution in [3.8, 4) is 0 Å². The quantitative estimate of drug-likeness (QED) is 0.507. The minimum absolute atomic E-state index is 0. The molecule has 0 aromatic carbocycles. The molecule has 0 aliphatic carbocycles. The Bertz CT molecular complexity index is 8.00. The van der Waals surface area contributed by atoms with Gasteiger partial charge in [0.2, 0.25) is 0 Å². The van der Waals surface area contributed by atoms with Gasteiger partial charge in [-0.05, 0) is 0 Å². The molecule has 0 unspecified atom stereocenters. The third-order valence-electron chi connectivity index (χ3n) is 0. The average Bonchev–Trinajstić information content (AvgIpc) is 0. The SMILES string of the molecule is [Ag].[Al].[Ni].[Ti]. The van der Waals surface area contributed by atoms with Gasteiger partial charge >= 0.3 is 0 Å². The first-order valence-corrected chi connectivity index (χ1v) is 0. The fraction of sp³-hybridized carbons (Fsp3) is 0. The predicted molar refractivity (Wildman–Crippen MR) is 5.75 cm³/mol. The van der Waals surface area contributed by atoms with Crippen molar-refractivity contribution >= 4 is 17.4 Å². The van der Waals surface area contributed by atoms with Gasteiger partial charge in [0, 0.05) is 78.0 Å². The van der Waals surface area contributed by atoms with E-state index in [0.717, 1.165) is 0 Å². The summed E-state index contributed by atoms with van der Waals surface area (Å²) in [7, 11) is 0. The Balaban J connectivity index is 0. The van der Waals surface area contributed by atoms with Crippen molar-refractivity contribution in [1.29, 1.82) is 0 Å². The molecule has 4 heavy (non-hydrogen) atoms. The summed E-state index contributed by atoms with van der Waals surface area (Å²) in [6.45, 7) is 0. The molecule has 0 rings (SSSR count). The number of hydrogen-bond acceptors (Lipinski definition) is 0. The van der Waals surface area contributed by atoms with Gasteiger partial charge in [-0.1, -0.05) is 0 Å². The molecule has 4 heteroatoms. The van der Waals surface area contributed by atoms with Crippen LogP contribution in [0.4, 0.5) is 0 Å². The summed E-state index contributed by atoms with van der Waals surface area (Å²) >= 11 is 0. The largest absolute Gasteiger partial charge is 0 e. The maximum atomic E-state index is 0. The van der Waals surface area contributed by atoms with Crippen LogP contribution in [0.15, 0.2) is 0 Å². The van der Waals surface area contributed by atoms with Gasteiger partial charge in [-0.25, -0.2) is 0 Å². The van der Waals surface area contributed by atoms with E-state index in [1.807, 2.05) is 0 Å². The Morgan fingerprint density at radius 2 is 1.00 bits per heavy atom. The fourth-order valence-electron chi connectivity index (χ4n) is 0. The molecule has 0 bridgehead atoms. The zero-order valence-electron chi connectivity index (χ0n) is 1.70. The van der Waals surface area contributed by atoms with Crippen LogP contribution in [0.25, 0.3) is 0 Å². The molecule has 4 radical (unpaired) electrons. The normalized spacial score (nSPS) is 0. The van der Waals surface area contributed by atoms with Crippen LogP contribution in [0.1, 0.15) is 0 Å². The first kappa shape index (κ1) is 31.6. The zero-order valence-corrected chi connectivity index (χ0v) is 6.88. The summed E-state index contributed by atoms with van der Waals surface area (Å²) in [5, 5.41) is 0. The van der Waals surface area contributed by atoms with Crippen molar-refractivity contribution in [3.05, 3.63) is 0 Å². The van der Waals surface area contributed by atoms with Gasteiger partial charge < -0.3 is 0 Å². The van der Waals surface area contributed by atoms with Gasteiger partial charge in [-0.2, -0.15) is 0 Å².